The summed E-state index contributed by atoms with van der Waals surface area (Å²) in [6, 6.07) is 5.69. The Morgan fingerprint density at radius 1 is 1.44 bits per heavy atom. The molecule has 0 saturated heterocycles. The van der Waals surface area contributed by atoms with E-state index in [4.69, 9.17) is 4.74 Å². The van der Waals surface area contributed by atoms with Crippen LogP contribution in [0.3, 0.4) is 0 Å². The zero-order chi connectivity index (χ0) is 11.5. The van der Waals surface area contributed by atoms with Gasteiger partial charge in [-0.3, -0.25) is 0 Å². The molecule has 2 rings (SSSR count). The molecule has 0 unspecified atom stereocenters. The van der Waals surface area contributed by atoms with Crippen LogP contribution in [0.25, 0.3) is 5.52 Å². The average Bonchev–Trinajstić information content (AvgIpc) is 2.71. The molecule has 0 amide bonds. The molecule has 2 aromatic rings. The van der Waals surface area contributed by atoms with Crippen LogP contribution in [0.5, 0.6) is 0 Å². The van der Waals surface area contributed by atoms with Crippen LogP contribution in [0.2, 0.25) is 0 Å². The summed E-state index contributed by atoms with van der Waals surface area (Å²) in [5, 5.41) is 0. The highest BCUT2D eigenvalue weighted by molar-refractivity contribution is 5.97. The lowest BCUT2D eigenvalue weighted by Crippen LogP contribution is -2.05. The van der Waals surface area contributed by atoms with Crippen molar-refractivity contribution in [1.82, 2.24) is 4.40 Å². The third-order valence-corrected chi connectivity index (χ3v) is 2.59. The predicted octanol–water partition coefficient (Wildman–Crippen LogP) is 2.68. The topological polar surface area (TPSA) is 30.7 Å². The van der Waals surface area contributed by atoms with Gasteiger partial charge in [-0.25, -0.2) is 4.79 Å². The van der Waals surface area contributed by atoms with Crippen LogP contribution in [-0.4, -0.2) is 17.0 Å². The van der Waals surface area contributed by atoms with Crippen molar-refractivity contribution in [3.8, 4) is 0 Å². The third kappa shape index (κ3) is 1.81. The highest BCUT2D eigenvalue weighted by Gasteiger charge is 2.11. The number of aromatic nitrogens is 1. The molecule has 0 aliphatic heterocycles. The monoisotopic (exact) mass is 217 g/mol. The zero-order valence-corrected chi connectivity index (χ0v) is 9.56. The first-order valence-electron chi connectivity index (χ1n) is 5.53. The Morgan fingerprint density at radius 3 is 2.94 bits per heavy atom. The fraction of sp³-hybridized carbons (Fsp3) is 0.308. The molecule has 0 saturated carbocycles. The predicted molar refractivity (Wildman–Crippen MR) is 62.7 cm³/mol. The molecule has 0 spiro atoms. The first-order chi connectivity index (χ1) is 7.76. The van der Waals surface area contributed by atoms with Crippen molar-refractivity contribution in [3.05, 3.63) is 41.7 Å². The first-order valence-corrected chi connectivity index (χ1v) is 5.53. The van der Waals surface area contributed by atoms with E-state index in [-0.39, 0.29) is 5.97 Å². The molecule has 3 heteroatoms. The first kappa shape index (κ1) is 10.7. The summed E-state index contributed by atoms with van der Waals surface area (Å²) in [4.78, 5) is 11.7. The minimum absolute atomic E-state index is 0.256. The second-order valence-electron chi connectivity index (χ2n) is 3.64. The molecule has 0 aliphatic carbocycles. The van der Waals surface area contributed by atoms with Crippen LogP contribution in [0.4, 0.5) is 0 Å². The van der Waals surface area contributed by atoms with Crippen molar-refractivity contribution in [2.75, 3.05) is 6.61 Å². The van der Waals surface area contributed by atoms with Gasteiger partial charge in [0.05, 0.1) is 17.7 Å². The normalized spacial score (nSPS) is 10.6. The second kappa shape index (κ2) is 4.39. The number of carbonyl (C=O) groups excluding carboxylic acids is 1. The number of fused-ring (bicyclic) bond motifs is 1. The highest BCUT2D eigenvalue weighted by atomic mass is 16.5. The van der Waals surface area contributed by atoms with Crippen molar-refractivity contribution < 1.29 is 9.53 Å². The second-order valence-corrected chi connectivity index (χ2v) is 3.64. The molecular weight excluding hydrogens is 202 g/mol. The number of ether oxygens (including phenoxy) is 1. The Kier molecular flexibility index (Phi) is 2.95. The van der Waals surface area contributed by atoms with Crippen LogP contribution < -0.4 is 0 Å². The van der Waals surface area contributed by atoms with Gasteiger partial charge < -0.3 is 9.14 Å². The molecule has 2 heterocycles. The van der Waals surface area contributed by atoms with Gasteiger partial charge in [0.15, 0.2) is 0 Å². The van der Waals surface area contributed by atoms with E-state index in [2.05, 4.69) is 6.92 Å². The number of esters is 1. The van der Waals surface area contributed by atoms with Gasteiger partial charge in [-0.2, -0.15) is 0 Å². The van der Waals surface area contributed by atoms with Crippen LogP contribution in [-0.2, 0) is 11.2 Å². The maximum absolute atomic E-state index is 11.7. The van der Waals surface area contributed by atoms with E-state index in [9.17, 15) is 4.79 Å². The van der Waals surface area contributed by atoms with E-state index in [0.717, 1.165) is 11.9 Å². The van der Waals surface area contributed by atoms with E-state index >= 15 is 0 Å². The van der Waals surface area contributed by atoms with Crippen molar-refractivity contribution in [1.29, 1.82) is 0 Å². The van der Waals surface area contributed by atoms with Crippen molar-refractivity contribution in [2.24, 2.45) is 0 Å². The van der Waals surface area contributed by atoms with E-state index < -0.39 is 0 Å². The summed E-state index contributed by atoms with van der Waals surface area (Å²) in [6.45, 7) is 4.31. The molecule has 0 fully saturated rings. The standard InChI is InChI=1S/C13H15NO2/c1-3-10-8-12-11(13(15)16-4-2)6-5-7-14(12)9-10/h5-9H,3-4H2,1-2H3. The fourth-order valence-corrected chi connectivity index (χ4v) is 1.77. The van der Waals surface area contributed by atoms with Crippen molar-refractivity contribution in [2.45, 2.75) is 20.3 Å². The Labute approximate surface area is 94.6 Å². The molecule has 84 valence electrons. The summed E-state index contributed by atoms with van der Waals surface area (Å²) in [6.07, 6.45) is 4.94. The highest BCUT2D eigenvalue weighted by Crippen LogP contribution is 2.16. The number of nitrogens with zero attached hydrogens (tertiary/aromatic N) is 1. The number of hydrogen-bond donors (Lipinski definition) is 0. The number of pyridine rings is 1. The molecule has 0 aliphatic rings. The molecule has 0 N–H and O–H groups in total. The molecular formula is C13H15NO2. The van der Waals surface area contributed by atoms with Crippen molar-refractivity contribution in [3.63, 3.8) is 0 Å². The smallest absolute Gasteiger partial charge is 0.340 e. The van der Waals surface area contributed by atoms with Crippen LogP contribution >= 0.6 is 0 Å². The van der Waals surface area contributed by atoms with E-state index in [1.807, 2.05) is 35.9 Å². The average molecular weight is 217 g/mol. The Balaban J connectivity index is 2.52. The summed E-state index contributed by atoms with van der Waals surface area (Å²) in [5.74, 6) is -0.256. The van der Waals surface area contributed by atoms with E-state index in [1.165, 1.54) is 5.56 Å². The largest absolute Gasteiger partial charge is 0.462 e. The third-order valence-electron chi connectivity index (χ3n) is 2.59. The van der Waals surface area contributed by atoms with Gasteiger partial charge in [0.1, 0.15) is 0 Å². The number of aryl methyl sites for hydroxylation is 1. The summed E-state index contributed by atoms with van der Waals surface area (Å²) < 4.78 is 6.99. The van der Waals surface area contributed by atoms with Gasteiger partial charge in [-0.15, -0.1) is 0 Å². The van der Waals surface area contributed by atoms with Gasteiger partial charge in [0.2, 0.25) is 0 Å². The molecule has 3 nitrogen and oxygen atoms in total. The molecule has 16 heavy (non-hydrogen) atoms. The summed E-state index contributed by atoms with van der Waals surface area (Å²) in [7, 11) is 0. The summed E-state index contributed by atoms with van der Waals surface area (Å²) in [5.41, 5.74) is 2.76. The maximum atomic E-state index is 11.7. The Bertz CT molecular complexity index is 514. The minimum atomic E-state index is -0.256. The fourth-order valence-electron chi connectivity index (χ4n) is 1.77. The molecule has 0 bridgehead atoms. The van der Waals surface area contributed by atoms with Crippen molar-refractivity contribution >= 4 is 11.5 Å². The lowest BCUT2D eigenvalue weighted by Gasteiger charge is -2.03. The molecule has 0 atom stereocenters. The van der Waals surface area contributed by atoms with Gasteiger partial charge in [-0.05, 0) is 37.1 Å². The van der Waals surface area contributed by atoms with E-state index in [1.54, 1.807) is 6.07 Å². The van der Waals surface area contributed by atoms with Crippen LogP contribution in [0, 0.1) is 0 Å². The Morgan fingerprint density at radius 2 is 2.25 bits per heavy atom. The molecule has 2 aromatic heterocycles. The lowest BCUT2D eigenvalue weighted by molar-refractivity contribution is 0.0528. The number of rotatable bonds is 3. The van der Waals surface area contributed by atoms with Gasteiger partial charge >= 0.3 is 5.97 Å². The zero-order valence-electron chi connectivity index (χ0n) is 9.56. The Hall–Kier alpha value is -1.77. The number of hydrogen-bond acceptors (Lipinski definition) is 2. The summed E-state index contributed by atoms with van der Waals surface area (Å²) >= 11 is 0. The molecule has 0 radical (unpaired) electrons. The van der Waals surface area contributed by atoms with Gasteiger partial charge in [0, 0.05) is 12.4 Å². The van der Waals surface area contributed by atoms with E-state index in [0.29, 0.717) is 12.2 Å². The quantitative estimate of drug-likeness (QED) is 0.740. The van der Waals surface area contributed by atoms with Gasteiger partial charge in [-0.1, -0.05) is 6.92 Å². The SMILES string of the molecule is CCOC(=O)c1cccn2cc(CC)cc12. The maximum Gasteiger partial charge on any atom is 0.340 e. The molecule has 0 aromatic carbocycles. The minimum Gasteiger partial charge on any atom is -0.462 e. The van der Waals surface area contributed by atoms with Crippen LogP contribution in [0.1, 0.15) is 29.8 Å². The van der Waals surface area contributed by atoms with Gasteiger partial charge in [0.25, 0.3) is 0 Å². The number of carbonyl (C=O) groups is 1. The van der Waals surface area contributed by atoms with Crippen LogP contribution in [0.15, 0.2) is 30.6 Å². The lowest BCUT2D eigenvalue weighted by atomic mass is 10.2.